The van der Waals surface area contributed by atoms with Gasteiger partial charge in [0.25, 0.3) is 0 Å². The minimum absolute atomic E-state index is 0.537. The van der Waals surface area contributed by atoms with Crippen molar-refractivity contribution < 1.29 is 0 Å². The van der Waals surface area contributed by atoms with Gasteiger partial charge in [-0.2, -0.15) is 0 Å². The van der Waals surface area contributed by atoms with Gasteiger partial charge in [-0.25, -0.2) is 4.98 Å². The van der Waals surface area contributed by atoms with E-state index in [4.69, 9.17) is 0 Å². The van der Waals surface area contributed by atoms with Gasteiger partial charge in [0, 0.05) is 30.8 Å². The summed E-state index contributed by atoms with van der Waals surface area (Å²) in [5.41, 5.74) is 1.45. The number of nitrogens with zero attached hydrogens (tertiary/aromatic N) is 2. The van der Waals surface area contributed by atoms with Gasteiger partial charge in [-0.05, 0) is 12.8 Å². The molecule has 2 nitrogen and oxygen atoms in total. The largest absolute Gasteiger partial charge is 0.335 e. The zero-order chi connectivity index (χ0) is 10.1. The summed E-state index contributed by atoms with van der Waals surface area (Å²) in [5, 5.41) is 0. The molecule has 0 aromatic carbocycles. The van der Waals surface area contributed by atoms with Crippen LogP contribution in [0.1, 0.15) is 62.9 Å². The quantitative estimate of drug-likeness (QED) is 0.703. The van der Waals surface area contributed by atoms with Crippen LogP contribution < -0.4 is 0 Å². The fraction of sp³-hybridized carbons (Fsp3) is 0.750. The maximum atomic E-state index is 4.52. The lowest BCUT2D eigenvalue weighted by Gasteiger charge is -2.12. The van der Waals surface area contributed by atoms with E-state index >= 15 is 0 Å². The first-order valence-electron chi connectivity index (χ1n) is 5.71. The maximum absolute atomic E-state index is 4.52. The van der Waals surface area contributed by atoms with E-state index in [-0.39, 0.29) is 0 Å². The number of aromatic nitrogens is 2. The SMILES string of the molecule is CC(C)c1ncc(C2CCCC2)n1C. The highest BCUT2D eigenvalue weighted by molar-refractivity contribution is 5.13. The van der Waals surface area contributed by atoms with E-state index in [9.17, 15) is 0 Å². The van der Waals surface area contributed by atoms with Crippen LogP contribution >= 0.6 is 0 Å². The van der Waals surface area contributed by atoms with Gasteiger partial charge in [-0.15, -0.1) is 0 Å². The molecule has 0 N–H and O–H groups in total. The van der Waals surface area contributed by atoms with Crippen LogP contribution in [0.3, 0.4) is 0 Å². The monoisotopic (exact) mass is 192 g/mol. The molecule has 78 valence electrons. The van der Waals surface area contributed by atoms with Gasteiger partial charge in [0.2, 0.25) is 0 Å². The summed E-state index contributed by atoms with van der Waals surface area (Å²) in [5.74, 6) is 2.54. The van der Waals surface area contributed by atoms with Crippen LogP contribution in [-0.4, -0.2) is 9.55 Å². The molecule has 0 spiro atoms. The van der Waals surface area contributed by atoms with Crippen molar-refractivity contribution in [2.45, 2.75) is 51.4 Å². The molecule has 1 aliphatic rings. The van der Waals surface area contributed by atoms with Crippen molar-refractivity contribution in [2.24, 2.45) is 7.05 Å². The molecule has 0 amide bonds. The van der Waals surface area contributed by atoms with Gasteiger partial charge in [0.15, 0.2) is 0 Å². The maximum Gasteiger partial charge on any atom is 0.111 e. The minimum Gasteiger partial charge on any atom is -0.335 e. The first-order chi connectivity index (χ1) is 6.70. The molecule has 1 aliphatic carbocycles. The second-order valence-corrected chi connectivity index (χ2v) is 4.74. The van der Waals surface area contributed by atoms with E-state index in [2.05, 4.69) is 36.6 Å². The fourth-order valence-corrected chi connectivity index (χ4v) is 2.57. The van der Waals surface area contributed by atoms with E-state index < -0.39 is 0 Å². The second-order valence-electron chi connectivity index (χ2n) is 4.74. The molecule has 0 radical (unpaired) electrons. The first-order valence-corrected chi connectivity index (χ1v) is 5.71. The van der Waals surface area contributed by atoms with Crippen molar-refractivity contribution in [3.8, 4) is 0 Å². The molecular formula is C12H20N2. The van der Waals surface area contributed by atoms with Crippen molar-refractivity contribution in [3.63, 3.8) is 0 Å². The molecule has 0 saturated heterocycles. The summed E-state index contributed by atoms with van der Waals surface area (Å²) in [7, 11) is 2.16. The van der Waals surface area contributed by atoms with Crippen LogP contribution in [0.4, 0.5) is 0 Å². The van der Waals surface area contributed by atoms with Gasteiger partial charge >= 0.3 is 0 Å². The third kappa shape index (κ3) is 1.58. The zero-order valence-electron chi connectivity index (χ0n) is 9.45. The summed E-state index contributed by atoms with van der Waals surface area (Å²) in [6, 6.07) is 0. The van der Waals surface area contributed by atoms with Crippen LogP contribution in [0.15, 0.2) is 6.20 Å². The lowest BCUT2D eigenvalue weighted by atomic mass is 10.1. The lowest BCUT2D eigenvalue weighted by molar-refractivity contribution is 0.624. The molecule has 2 rings (SSSR count). The summed E-state index contributed by atoms with van der Waals surface area (Å²) in [4.78, 5) is 4.52. The molecule has 0 atom stereocenters. The third-order valence-corrected chi connectivity index (χ3v) is 3.35. The van der Waals surface area contributed by atoms with Crippen LogP contribution in [0.5, 0.6) is 0 Å². The summed E-state index contributed by atoms with van der Waals surface area (Å²) in [6.45, 7) is 4.42. The van der Waals surface area contributed by atoms with Crippen molar-refractivity contribution in [2.75, 3.05) is 0 Å². The number of rotatable bonds is 2. The topological polar surface area (TPSA) is 17.8 Å². The first kappa shape index (κ1) is 9.75. The molecule has 14 heavy (non-hydrogen) atoms. The van der Waals surface area contributed by atoms with E-state index in [0.717, 1.165) is 5.92 Å². The van der Waals surface area contributed by atoms with E-state index in [1.807, 2.05) is 0 Å². The molecule has 0 unspecified atom stereocenters. The molecule has 1 heterocycles. The highest BCUT2D eigenvalue weighted by Crippen LogP contribution is 2.34. The summed E-state index contributed by atoms with van der Waals surface area (Å²) >= 11 is 0. The Balaban J connectivity index is 2.26. The van der Waals surface area contributed by atoms with Crippen molar-refractivity contribution in [1.29, 1.82) is 0 Å². The standard InChI is InChI=1S/C12H20N2/c1-9(2)12-13-8-11(14(12)3)10-6-4-5-7-10/h8-10H,4-7H2,1-3H3. The Morgan fingerprint density at radius 1 is 1.36 bits per heavy atom. The number of imidazole rings is 1. The van der Waals surface area contributed by atoms with Gasteiger partial charge in [0.05, 0.1) is 0 Å². The Morgan fingerprint density at radius 3 is 2.50 bits per heavy atom. The normalized spacial score (nSPS) is 18.3. The molecule has 1 saturated carbocycles. The van der Waals surface area contributed by atoms with Crippen molar-refractivity contribution in [1.82, 2.24) is 9.55 Å². The predicted molar refractivity (Wildman–Crippen MR) is 58.5 cm³/mol. The van der Waals surface area contributed by atoms with Gasteiger partial charge in [-0.3, -0.25) is 0 Å². The van der Waals surface area contributed by atoms with E-state index in [1.165, 1.54) is 37.2 Å². The van der Waals surface area contributed by atoms with E-state index in [1.54, 1.807) is 0 Å². The highest BCUT2D eigenvalue weighted by atomic mass is 15.1. The smallest absolute Gasteiger partial charge is 0.111 e. The minimum atomic E-state index is 0.537. The molecule has 0 bridgehead atoms. The Kier molecular flexibility index (Phi) is 2.62. The van der Waals surface area contributed by atoms with Crippen molar-refractivity contribution in [3.05, 3.63) is 17.7 Å². The second kappa shape index (κ2) is 3.76. The van der Waals surface area contributed by atoms with Crippen LogP contribution in [0.25, 0.3) is 0 Å². The molecule has 2 heteroatoms. The Labute approximate surface area is 86.3 Å². The van der Waals surface area contributed by atoms with Gasteiger partial charge in [0.1, 0.15) is 5.82 Å². The number of hydrogen-bond acceptors (Lipinski definition) is 1. The average molecular weight is 192 g/mol. The lowest BCUT2D eigenvalue weighted by Crippen LogP contribution is -2.05. The highest BCUT2D eigenvalue weighted by Gasteiger charge is 2.21. The summed E-state index contributed by atoms with van der Waals surface area (Å²) < 4.78 is 2.31. The molecule has 1 aromatic heterocycles. The van der Waals surface area contributed by atoms with E-state index in [0.29, 0.717) is 5.92 Å². The number of hydrogen-bond donors (Lipinski definition) is 0. The Bertz CT molecular complexity index is 306. The molecule has 1 aromatic rings. The zero-order valence-corrected chi connectivity index (χ0v) is 9.45. The Hall–Kier alpha value is -0.790. The summed E-state index contributed by atoms with van der Waals surface area (Å²) in [6.07, 6.45) is 7.60. The molecule has 0 aliphatic heterocycles. The molecular weight excluding hydrogens is 172 g/mol. The molecule has 1 fully saturated rings. The van der Waals surface area contributed by atoms with Gasteiger partial charge in [-0.1, -0.05) is 26.7 Å². The van der Waals surface area contributed by atoms with Crippen LogP contribution in [0, 0.1) is 0 Å². The average Bonchev–Trinajstić information content (AvgIpc) is 2.71. The predicted octanol–water partition coefficient (Wildman–Crippen LogP) is 3.20. The van der Waals surface area contributed by atoms with Crippen molar-refractivity contribution >= 4 is 0 Å². The Morgan fingerprint density at radius 2 is 2.00 bits per heavy atom. The van der Waals surface area contributed by atoms with Crippen LogP contribution in [0.2, 0.25) is 0 Å². The van der Waals surface area contributed by atoms with Crippen LogP contribution in [-0.2, 0) is 7.05 Å². The fourth-order valence-electron chi connectivity index (χ4n) is 2.57. The van der Waals surface area contributed by atoms with Gasteiger partial charge < -0.3 is 4.57 Å². The third-order valence-electron chi connectivity index (χ3n) is 3.35.